The van der Waals surface area contributed by atoms with E-state index in [1.165, 1.54) is 6.92 Å². The molecule has 0 aromatic carbocycles. The van der Waals surface area contributed by atoms with Gasteiger partial charge in [0.15, 0.2) is 17.5 Å². The first-order chi connectivity index (χ1) is 13.3. The fourth-order valence-electron chi connectivity index (χ4n) is 5.08. The summed E-state index contributed by atoms with van der Waals surface area (Å²) in [6.07, 6.45) is 4.77. The lowest BCUT2D eigenvalue weighted by Gasteiger charge is -2.41. The molecule has 2 saturated heterocycles. The number of piperidine rings is 1. The summed E-state index contributed by atoms with van der Waals surface area (Å²) in [6.45, 7) is 2.57. The van der Waals surface area contributed by atoms with E-state index in [9.17, 15) is 23.1 Å². The Kier molecular flexibility index (Phi) is 5.02. The lowest BCUT2D eigenvalue weighted by atomic mass is 9.78. The minimum atomic E-state index is -1.31. The zero-order valence-electron chi connectivity index (χ0n) is 16.1. The largest absolute Gasteiger partial charge is 0.393 e. The third-order valence-corrected chi connectivity index (χ3v) is 6.77. The molecule has 8 heteroatoms. The molecule has 1 N–H and O–H groups in total. The lowest BCUT2D eigenvalue weighted by Crippen LogP contribution is -2.50. The summed E-state index contributed by atoms with van der Waals surface area (Å²) < 4.78 is 42.0. The average molecular weight is 397 g/mol. The molecule has 5 nitrogen and oxygen atoms in total. The van der Waals surface area contributed by atoms with E-state index in [1.54, 1.807) is 4.90 Å². The van der Waals surface area contributed by atoms with Crippen molar-refractivity contribution in [1.29, 1.82) is 0 Å². The number of rotatable bonds is 2. The first kappa shape index (κ1) is 19.5. The Bertz CT molecular complexity index is 782. The Morgan fingerprint density at radius 1 is 1.07 bits per heavy atom. The molecule has 1 atom stereocenters. The molecule has 3 fully saturated rings. The van der Waals surface area contributed by atoms with Crippen molar-refractivity contribution in [2.24, 2.45) is 5.41 Å². The van der Waals surface area contributed by atoms with Gasteiger partial charge in [0, 0.05) is 31.2 Å². The van der Waals surface area contributed by atoms with Crippen LogP contribution in [-0.4, -0.2) is 52.7 Å². The van der Waals surface area contributed by atoms with Crippen molar-refractivity contribution in [3.63, 3.8) is 0 Å². The molecule has 0 radical (unpaired) electrons. The number of aliphatic hydroxyl groups excluding tert-OH is 1. The van der Waals surface area contributed by atoms with Crippen LogP contribution in [0.25, 0.3) is 0 Å². The highest BCUT2D eigenvalue weighted by Gasteiger charge is 2.51. The molecular weight excluding hydrogens is 371 g/mol. The highest BCUT2D eigenvalue weighted by atomic mass is 19.2. The summed E-state index contributed by atoms with van der Waals surface area (Å²) in [7, 11) is 0. The van der Waals surface area contributed by atoms with Crippen molar-refractivity contribution < 1.29 is 23.1 Å². The monoisotopic (exact) mass is 397 g/mol. The van der Waals surface area contributed by atoms with Crippen LogP contribution in [-0.2, 0) is 4.79 Å². The Hall–Kier alpha value is -1.83. The van der Waals surface area contributed by atoms with Gasteiger partial charge < -0.3 is 14.9 Å². The van der Waals surface area contributed by atoms with Crippen LogP contribution in [0, 0.1) is 29.9 Å². The summed E-state index contributed by atoms with van der Waals surface area (Å²) in [6, 6.07) is 0.144. The number of halogens is 3. The predicted molar refractivity (Wildman–Crippen MR) is 97.3 cm³/mol. The van der Waals surface area contributed by atoms with Gasteiger partial charge >= 0.3 is 0 Å². The fourth-order valence-corrected chi connectivity index (χ4v) is 5.08. The Morgan fingerprint density at radius 2 is 1.79 bits per heavy atom. The van der Waals surface area contributed by atoms with E-state index in [0.29, 0.717) is 45.2 Å². The summed E-state index contributed by atoms with van der Waals surface area (Å²) >= 11 is 0. The maximum absolute atomic E-state index is 14.6. The Labute approximate surface area is 162 Å². The second-order valence-corrected chi connectivity index (χ2v) is 8.50. The normalized spacial score (nSPS) is 31.1. The van der Waals surface area contributed by atoms with Crippen LogP contribution in [0.4, 0.5) is 19.0 Å². The van der Waals surface area contributed by atoms with Crippen LogP contribution < -0.4 is 4.90 Å². The maximum Gasteiger partial charge on any atom is 0.251 e. The molecule has 1 saturated carbocycles. The van der Waals surface area contributed by atoms with Gasteiger partial charge in [-0.25, -0.2) is 8.78 Å². The molecule has 1 amide bonds. The Balaban J connectivity index is 1.55. The second kappa shape index (κ2) is 7.21. The van der Waals surface area contributed by atoms with Gasteiger partial charge in [-0.3, -0.25) is 4.79 Å². The van der Waals surface area contributed by atoms with Gasteiger partial charge in [-0.2, -0.15) is 9.37 Å². The molecule has 1 aliphatic carbocycles. The topological polar surface area (TPSA) is 56.7 Å². The number of carbonyl (C=O) groups excluding carboxylic acids is 1. The van der Waals surface area contributed by atoms with Gasteiger partial charge in [0.1, 0.15) is 0 Å². The van der Waals surface area contributed by atoms with Gasteiger partial charge in [0.05, 0.1) is 11.5 Å². The van der Waals surface area contributed by atoms with Crippen LogP contribution in [0.3, 0.4) is 0 Å². The van der Waals surface area contributed by atoms with Crippen molar-refractivity contribution in [3.05, 3.63) is 23.1 Å². The van der Waals surface area contributed by atoms with Crippen LogP contribution in [0.1, 0.15) is 50.5 Å². The molecule has 0 bridgehead atoms. The number of carbonyl (C=O) groups is 1. The fraction of sp³-hybridized carbons (Fsp3) is 0.700. The lowest BCUT2D eigenvalue weighted by molar-refractivity contribution is -0.139. The van der Waals surface area contributed by atoms with Crippen LogP contribution >= 0.6 is 0 Å². The molecule has 0 unspecified atom stereocenters. The Morgan fingerprint density at radius 3 is 2.50 bits per heavy atom. The van der Waals surface area contributed by atoms with Crippen LogP contribution in [0.15, 0.2) is 0 Å². The van der Waals surface area contributed by atoms with Crippen molar-refractivity contribution in [2.75, 3.05) is 24.5 Å². The highest BCUT2D eigenvalue weighted by Crippen LogP contribution is 2.43. The van der Waals surface area contributed by atoms with E-state index >= 15 is 0 Å². The van der Waals surface area contributed by atoms with E-state index in [4.69, 9.17) is 0 Å². The number of nitrogens with zero attached hydrogens (tertiary/aromatic N) is 3. The van der Waals surface area contributed by atoms with Gasteiger partial charge in [-0.05, 0) is 51.9 Å². The van der Waals surface area contributed by atoms with Gasteiger partial charge in [-0.1, -0.05) is 0 Å². The van der Waals surface area contributed by atoms with E-state index in [2.05, 4.69) is 4.98 Å². The quantitative estimate of drug-likeness (QED) is 0.780. The predicted octanol–water partition coefficient (Wildman–Crippen LogP) is 2.93. The summed E-state index contributed by atoms with van der Waals surface area (Å²) in [5.74, 6) is -3.58. The number of hydrogen-bond acceptors (Lipinski definition) is 4. The van der Waals surface area contributed by atoms with E-state index in [-0.39, 0.29) is 36.0 Å². The number of aromatic nitrogens is 1. The number of anilines is 1. The first-order valence-electron chi connectivity index (χ1n) is 10.1. The summed E-state index contributed by atoms with van der Waals surface area (Å²) in [4.78, 5) is 20.3. The number of pyridine rings is 1. The van der Waals surface area contributed by atoms with Crippen molar-refractivity contribution >= 4 is 11.7 Å². The molecule has 4 rings (SSSR count). The number of hydrogen-bond donors (Lipinski definition) is 1. The molecule has 3 heterocycles. The molecule has 1 aromatic heterocycles. The molecule has 1 spiro atoms. The molecule has 1 aromatic rings. The average Bonchev–Trinajstić information content (AvgIpc) is 2.99. The van der Waals surface area contributed by atoms with Gasteiger partial charge in [0.25, 0.3) is 5.95 Å². The summed E-state index contributed by atoms with van der Waals surface area (Å²) in [5.41, 5.74) is -1.01. The molecule has 3 aliphatic rings. The number of likely N-dealkylation sites (tertiary alicyclic amines) is 1. The minimum absolute atomic E-state index is 0.0679. The van der Waals surface area contributed by atoms with Crippen molar-refractivity contribution in [3.8, 4) is 0 Å². The minimum Gasteiger partial charge on any atom is -0.393 e. The first-order valence-corrected chi connectivity index (χ1v) is 10.1. The number of amides is 1. The third-order valence-electron chi connectivity index (χ3n) is 6.77. The standard InChI is InChI=1S/C20H26F3N3O2/c1-12-15(21)17(23)24-18(16(12)22)25-9-2-7-20(11-25)8-10-26(19(20)28)13-3-5-14(27)6-4-13/h13-14,27H,2-11H2,1H3/t13-,14-,20-/m0/s1. The zero-order chi connectivity index (χ0) is 20.1. The SMILES string of the molecule is Cc1c(F)c(F)nc(N2CCC[C@]3(CCN([C@H]4CC[C@H](O)CC4)C3=O)C2)c1F. The van der Waals surface area contributed by atoms with Crippen LogP contribution in [0.5, 0.6) is 0 Å². The maximum atomic E-state index is 14.6. The van der Waals surface area contributed by atoms with E-state index in [1.807, 2.05) is 4.90 Å². The van der Waals surface area contributed by atoms with Crippen molar-refractivity contribution in [1.82, 2.24) is 9.88 Å². The van der Waals surface area contributed by atoms with E-state index in [0.717, 1.165) is 12.8 Å². The molecule has 154 valence electrons. The second-order valence-electron chi connectivity index (χ2n) is 8.50. The third kappa shape index (κ3) is 3.15. The van der Waals surface area contributed by atoms with Crippen molar-refractivity contribution in [2.45, 2.75) is 64.0 Å². The molecule has 28 heavy (non-hydrogen) atoms. The van der Waals surface area contributed by atoms with Gasteiger partial charge in [0.2, 0.25) is 5.91 Å². The molecule has 2 aliphatic heterocycles. The van der Waals surface area contributed by atoms with Gasteiger partial charge in [-0.15, -0.1) is 0 Å². The number of aliphatic hydroxyl groups is 1. The van der Waals surface area contributed by atoms with Crippen LogP contribution in [0.2, 0.25) is 0 Å². The van der Waals surface area contributed by atoms with E-state index < -0.39 is 23.0 Å². The highest BCUT2D eigenvalue weighted by molar-refractivity contribution is 5.86. The summed E-state index contributed by atoms with van der Waals surface area (Å²) in [5, 5.41) is 9.72. The zero-order valence-corrected chi connectivity index (χ0v) is 16.1. The molecular formula is C20H26F3N3O2. The smallest absolute Gasteiger partial charge is 0.251 e.